The summed E-state index contributed by atoms with van der Waals surface area (Å²) in [6, 6.07) is 13.9. The molecule has 2 amide bonds. The van der Waals surface area contributed by atoms with Crippen molar-refractivity contribution in [1.29, 1.82) is 0 Å². The summed E-state index contributed by atoms with van der Waals surface area (Å²) in [6.07, 6.45) is 0.118. The van der Waals surface area contributed by atoms with Gasteiger partial charge in [-0.25, -0.2) is 0 Å². The fourth-order valence-electron chi connectivity index (χ4n) is 2.21. The summed E-state index contributed by atoms with van der Waals surface area (Å²) >= 11 is 0. The van der Waals surface area contributed by atoms with Crippen LogP contribution in [0.25, 0.3) is 0 Å². The van der Waals surface area contributed by atoms with E-state index in [2.05, 4.69) is 15.4 Å². The minimum atomic E-state index is -0.380. The number of amides is 2. The number of aryl methyl sites for hydroxylation is 1. The summed E-state index contributed by atoms with van der Waals surface area (Å²) in [4.78, 5) is 35.2. The average Bonchev–Trinajstić information content (AvgIpc) is 2.62. The van der Waals surface area contributed by atoms with Crippen LogP contribution in [0.3, 0.4) is 0 Å². The molecule has 0 aromatic heterocycles. The van der Waals surface area contributed by atoms with Gasteiger partial charge in [-0.2, -0.15) is 0 Å². The Kier molecular flexibility index (Phi) is 6.28. The number of rotatable bonds is 6. The zero-order chi connectivity index (χ0) is 18.2. The largest absolute Gasteiger partial charge is 0.469 e. The van der Waals surface area contributed by atoms with Gasteiger partial charge in [0.15, 0.2) is 0 Å². The first-order valence-electron chi connectivity index (χ1n) is 7.83. The van der Waals surface area contributed by atoms with Crippen LogP contribution in [0.5, 0.6) is 0 Å². The van der Waals surface area contributed by atoms with Crippen LogP contribution in [-0.2, 0) is 9.53 Å². The molecular formula is C19H20N2O4. The normalized spacial score (nSPS) is 10.0. The topological polar surface area (TPSA) is 84.5 Å². The van der Waals surface area contributed by atoms with Crippen molar-refractivity contribution in [2.45, 2.75) is 13.3 Å². The molecule has 0 aliphatic rings. The van der Waals surface area contributed by atoms with E-state index >= 15 is 0 Å². The van der Waals surface area contributed by atoms with Gasteiger partial charge in [0.2, 0.25) is 0 Å². The first kappa shape index (κ1) is 18.2. The van der Waals surface area contributed by atoms with Crippen LogP contribution in [0, 0.1) is 6.92 Å². The molecule has 0 aliphatic heterocycles. The highest BCUT2D eigenvalue weighted by atomic mass is 16.5. The quantitative estimate of drug-likeness (QED) is 0.792. The van der Waals surface area contributed by atoms with Crippen molar-refractivity contribution in [3.63, 3.8) is 0 Å². The minimum Gasteiger partial charge on any atom is -0.469 e. The summed E-state index contributed by atoms with van der Waals surface area (Å²) in [7, 11) is 1.30. The van der Waals surface area contributed by atoms with E-state index in [1.54, 1.807) is 30.3 Å². The van der Waals surface area contributed by atoms with Crippen LogP contribution < -0.4 is 10.6 Å². The molecule has 0 atom stereocenters. The third-order valence-corrected chi connectivity index (χ3v) is 3.64. The number of benzene rings is 2. The first-order valence-corrected chi connectivity index (χ1v) is 7.83. The Morgan fingerprint density at radius 2 is 1.64 bits per heavy atom. The Morgan fingerprint density at radius 1 is 0.960 bits per heavy atom. The molecule has 0 fully saturated rings. The molecule has 0 radical (unpaired) electrons. The van der Waals surface area contributed by atoms with Crippen molar-refractivity contribution in [2.24, 2.45) is 0 Å². The third kappa shape index (κ3) is 5.17. The number of hydrogen-bond donors (Lipinski definition) is 2. The number of methoxy groups -OCH3 is 1. The van der Waals surface area contributed by atoms with Gasteiger partial charge in [-0.05, 0) is 42.8 Å². The third-order valence-electron chi connectivity index (χ3n) is 3.64. The number of nitrogens with one attached hydrogen (secondary N) is 2. The highest BCUT2D eigenvalue weighted by Gasteiger charge is 2.10. The van der Waals surface area contributed by atoms with Crippen LogP contribution in [0.4, 0.5) is 5.69 Å². The molecule has 0 aliphatic carbocycles. The van der Waals surface area contributed by atoms with E-state index in [4.69, 9.17) is 0 Å². The van der Waals surface area contributed by atoms with E-state index in [1.165, 1.54) is 7.11 Å². The molecule has 0 unspecified atom stereocenters. The summed E-state index contributed by atoms with van der Waals surface area (Å²) in [5.74, 6) is -0.872. The van der Waals surface area contributed by atoms with Gasteiger partial charge in [0.25, 0.3) is 11.8 Å². The monoisotopic (exact) mass is 340 g/mol. The predicted molar refractivity (Wildman–Crippen MR) is 94.5 cm³/mol. The van der Waals surface area contributed by atoms with Crippen LogP contribution in [0.1, 0.15) is 32.7 Å². The highest BCUT2D eigenvalue weighted by molar-refractivity contribution is 6.05. The van der Waals surface area contributed by atoms with Crippen LogP contribution in [0.15, 0.2) is 48.5 Å². The Bertz CT molecular complexity index is 769. The molecule has 2 aromatic rings. The molecular weight excluding hydrogens is 320 g/mol. The lowest BCUT2D eigenvalue weighted by atomic mass is 10.1. The second-order valence-electron chi connectivity index (χ2n) is 5.43. The maximum Gasteiger partial charge on any atom is 0.307 e. The van der Waals surface area contributed by atoms with Crippen molar-refractivity contribution in [1.82, 2.24) is 5.32 Å². The van der Waals surface area contributed by atoms with Crippen molar-refractivity contribution in [3.05, 3.63) is 65.2 Å². The Balaban J connectivity index is 1.93. The lowest BCUT2D eigenvalue weighted by Gasteiger charge is -2.09. The predicted octanol–water partition coefficient (Wildman–Crippen LogP) is 2.54. The van der Waals surface area contributed by atoms with Crippen molar-refractivity contribution in [2.75, 3.05) is 19.0 Å². The molecule has 0 spiro atoms. The van der Waals surface area contributed by atoms with Gasteiger partial charge in [-0.3, -0.25) is 14.4 Å². The molecule has 25 heavy (non-hydrogen) atoms. The summed E-state index contributed by atoms with van der Waals surface area (Å²) in [5.41, 5.74) is 2.53. The SMILES string of the molecule is COC(=O)CCNC(=O)c1ccc(NC(=O)c2ccccc2C)cc1. The number of esters is 1. The van der Waals surface area contributed by atoms with Crippen LogP contribution >= 0.6 is 0 Å². The molecule has 0 bridgehead atoms. The molecule has 6 heteroatoms. The van der Waals surface area contributed by atoms with Crippen molar-refractivity contribution >= 4 is 23.5 Å². The first-order chi connectivity index (χ1) is 12.0. The van der Waals surface area contributed by atoms with Gasteiger partial charge in [-0.1, -0.05) is 18.2 Å². The smallest absolute Gasteiger partial charge is 0.307 e. The number of ether oxygens (including phenoxy) is 1. The maximum atomic E-state index is 12.3. The second kappa shape index (κ2) is 8.63. The van der Waals surface area contributed by atoms with Gasteiger partial charge in [0, 0.05) is 23.4 Å². The minimum absolute atomic E-state index is 0.118. The molecule has 2 N–H and O–H groups in total. The second-order valence-corrected chi connectivity index (χ2v) is 5.43. The van der Waals surface area contributed by atoms with Crippen molar-refractivity contribution in [3.8, 4) is 0 Å². The molecule has 0 saturated carbocycles. The summed E-state index contributed by atoms with van der Waals surface area (Å²) < 4.78 is 4.50. The number of carbonyl (C=O) groups is 3. The fraction of sp³-hybridized carbons (Fsp3) is 0.211. The fourth-order valence-corrected chi connectivity index (χ4v) is 2.21. The standard InChI is InChI=1S/C19H20N2O4/c1-13-5-3-4-6-16(13)19(24)21-15-9-7-14(8-10-15)18(23)20-12-11-17(22)25-2/h3-10H,11-12H2,1-2H3,(H,20,23)(H,21,24). The number of anilines is 1. The number of hydrogen-bond acceptors (Lipinski definition) is 4. The van der Waals surface area contributed by atoms with Crippen molar-refractivity contribution < 1.29 is 19.1 Å². The van der Waals surface area contributed by atoms with Crippen LogP contribution in [0.2, 0.25) is 0 Å². The molecule has 6 nitrogen and oxygen atoms in total. The highest BCUT2D eigenvalue weighted by Crippen LogP contribution is 2.13. The zero-order valence-corrected chi connectivity index (χ0v) is 14.2. The van der Waals surface area contributed by atoms with E-state index in [9.17, 15) is 14.4 Å². The summed E-state index contributed by atoms with van der Waals surface area (Å²) in [5, 5.41) is 5.43. The zero-order valence-electron chi connectivity index (χ0n) is 14.2. The Hall–Kier alpha value is -3.15. The van der Waals surface area contributed by atoms with Gasteiger partial charge in [0.1, 0.15) is 0 Å². The van der Waals surface area contributed by atoms with E-state index in [-0.39, 0.29) is 30.7 Å². The van der Waals surface area contributed by atoms with E-state index < -0.39 is 0 Å². The summed E-state index contributed by atoms with van der Waals surface area (Å²) in [6.45, 7) is 2.08. The lowest BCUT2D eigenvalue weighted by molar-refractivity contribution is -0.140. The average molecular weight is 340 g/mol. The van der Waals surface area contributed by atoms with Crippen LogP contribution in [-0.4, -0.2) is 31.4 Å². The number of carbonyl (C=O) groups excluding carboxylic acids is 3. The van der Waals surface area contributed by atoms with E-state index in [0.29, 0.717) is 16.8 Å². The molecule has 0 heterocycles. The van der Waals surface area contributed by atoms with E-state index in [0.717, 1.165) is 5.56 Å². The Morgan fingerprint density at radius 3 is 2.28 bits per heavy atom. The maximum absolute atomic E-state index is 12.3. The molecule has 130 valence electrons. The lowest BCUT2D eigenvalue weighted by Crippen LogP contribution is -2.26. The van der Waals surface area contributed by atoms with Gasteiger partial charge in [-0.15, -0.1) is 0 Å². The van der Waals surface area contributed by atoms with Gasteiger partial charge >= 0.3 is 5.97 Å². The Labute approximate surface area is 146 Å². The van der Waals surface area contributed by atoms with E-state index in [1.807, 2.05) is 25.1 Å². The van der Waals surface area contributed by atoms with Gasteiger partial charge < -0.3 is 15.4 Å². The molecule has 2 aromatic carbocycles. The molecule has 2 rings (SSSR count). The molecule has 0 saturated heterocycles. The van der Waals surface area contributed by atoms with Gasteiger partial charge in [0.05, 0.1) is 13.5 Å².